The summed E-state index contributed by atoms with van der Waals surface area (Å²) >= 11 is 0. The predicted molar refractivity (Wildman–Crippen MR) is 126 cm³/mol. The van der Waals surface area contributed by atoms with Crippen LogP contribution in [0.3, 0.4) is 0 Å². The number of carbonyl (C=O) groups is 2. The van der Waals surface area contributed by atoms with Crippen LogP contribution in [0.15, 0.2) is 67.3 Å². The summed E-state index contributed by atoms with van der Waals surface area (Å²) in [6.07, 6.45) is 7.51. The number of anilines is 2. The van der Waals surface area contributed by atoms with Gasteiger partial charge in [-0.15, -0.1) is 0 Å². The van der Waals surface area contributed by atoms with Crippen LogP contribution in [0.2, 0.25) is 0 Å². The maximum Gasteiger partial charge on any atom is 0.229 e. The van der Waals surface area contributed by atoms with Crippen LogP contribution < -0.4 is 10.2 Å². The van der Waals surface area contributed by atoms with Crippen LogP contribution in [-0.2, 0) is 16.1 Å². The van der Waals surface area contributed by atoms with E-state index in [9.17, 15) is 9.59 Å². The predicted octanol–water partition coefficient (Wildman–Crippen LogP) is 3.69. The van der Waals surface area contributed by atoms with E-state index in [0.29, 0.717) is 24.7 Å². The lowest BCUT2D eigenvalue weighted by atomic mass is 10.0. The van der Waals surface area contributed by atoms with Gasteiger partial charge >= 0.3 is 0 Å². The molecule has 1 unspecified atom stereocenters. The van der Waals surface area contributed by atoms with Gasteiger partial charge in [0.15, 0.2) is 0 Å². The Kier molecular flexibility index (Phi) is 5.42. The zero-order chi connectivity index (χ0) is 22.9. The molecule has 33 heavy (non-hydrogen) atoms. The summed E-state index contributed by atoms with van der Waals surface area (Å²) in [4.78, 5) is 31.8. The van der Waals surface area contributed by atoms with Gasteiger partial charge in [0.1, 0.15) is 5.65 Å². The number of imidazole rings is 1. The van der Waals surface area contributed by atoms with Crippen molar-refractivity contribution in [3.8, 4) is 0 Å². The first-order valence-corrected chi connectivity index (χ1v) is 11.1. The van der Waals surface area contributed by atoms with Crippen molar-refractivity contribution in [3.05, 3.63) is 78.5 Å². The Balaban J connectivity index is 1.22. The average molecular weight is 443 g/mol. The van der Waals surface area contributed by atoms with Crippen molar-refractivity contribution in [3.63, 3.8) is 0 Å². The quantitative estimate of drug-likeness (QED) is 0.494. The van der Waals surface area contributed by atoms with Crippen molar-refractivity contribution in [2.45, 2.75) is 32.7 Å². The Morgan fingerprint density at radius 1 is 1.18 bits per heavy atom. The maximum atomic E-state index is 12.9. The molecule has 4 aromatic rings. The van der Waals surface area contributed by atoms with Crippen LogP contribution in [0, 0.1) is 5.92 Å². The third-order valence-corrected chi connectivity index (χ3v) is 5.98. The second-order valence-corrected chi connectivity index (χ2v) is 8.77. The van der Waals surface area contributed by atoms with Gasteiger partial charge in [0, 0.05) is 37.2 Å². The summed E-state index contributed by atoms with van der Waals surface area (Å²) in [6.45, 7) is 5.12. The number of amides is 2. The summed E-state index contributed by atoms with van der Waals surface area (Å²) in [6, 6.07) is 13.8. The topological polar surface area (TPSA) is 84.5 Å². The third-order valence-electron chi connectivity index (χ3n) is 5.98. The molecule has 1 atom stereocenters. The van der Waals surface area contributed by atoms with Gasteiger partial charge in [-0.25, -0.2) is 4.98 Å². The molecule has 1 saturated heterocycles. The zero-order valence-electron chi connectivity index (χ0n) is 18.7. The molecule has 0 spiro atoms. The molecule has 1 N–H and O–H groups in total. The fraction of sp³-hybridized carbons (Fsp3) is 0.280. The summed E-state index contributed by atoms with van der Waals surface area (Å²) in [5.41, 5.74) is 4.38. The third kappa shape index (κ3) is 4.37. The number of aromatic nitrogens is 4. The molecule has 1 aromatic carbocycles. The first kappa shape index (κ1) is 20.9. The minimum Gasteiger partial charge on any atom is -0.323 e. The molecule has 1 aliphatic heterocycles. The SMILES string of the molecule is CC(C)c1cccc(N2CC(C(=O)Nc3cnn(Cc4cn5ccccc5n4)c3)CC2=O)c1. The first-order valence-electron chi connectivity index (χ1n) is 11.1. The van der Waals surface area contributed by atoms with Crippen LogP contribution >= 0.6 is 0 Å². The smallest absolute Gasteiger partial charge is 0.229 e. The van der Waals surface area contributed by atoms with E-state index in [0.717, 1.165) is 17.0 Å². The van der Waals surface area contributed by atoms with E-state index < -0.39 is 5.92 Å². The average Bonchev–Trinajstić information content (AvgIpc) is 3.52. The lowest BCUT2D eigenvalue weighted by Crippen LogP contribution is -2.28. The number of nitrogens with one attached hydrogen (secondary N) is 1. The summed E-state index contributed by atoms with van der Waals surface area (Å²) < 4.78 is 3.70. The summed E-state index contributed by atoms with van der Waals surface area (Å²) in [7, 11) is 0. The second kappa shape index (κ2) is 8.54. The van der Waals surface area contributed by atoms with E-state index in [-0.39, 0.29) is 18.2 Å². The minimum absolute atomic E-state index is 0.0291. The van der Waals surface area contributed by atoms with E-state index in [4.69, 9.17) is 0 Å². The standard InChI is InChI=1S/C25H26N6O2/c1-17(2)18-6-5-7-22(10-18)31-13-19(11-24(31)32)25(33)28-20-12-26-30(15-20)16-21-14-29-9-4-3-8-23(29)27-21/h3-10,12,14-15,17,19H,11,13,16H2,1-2H3,(H,28,33). The Morgan fingerprint density at radius 2 is 2.06 bits per heavy atom. The number of hydrogen-bond donors (Lipinski definition) is 1. The summed E-state index contributed by atoms with van der Waals surface area (Å²) in [5, 5.41) is 7.25. The van der Waals surface area contributed by atoms with Gasteiger partial charge in [0.05, 0.1) is 30.0 Å². The second-order valence-electron chi connectivity index (χ2n) is 8.77. The van der Waals surface area contributed by atoms with Crippen LogP contribution in [0.25, 0.3) is 5.65 Å². The molecule has 0 aliphatic carbocycles. The van der Waals surface area contributed by atoms with Crippen molar-refractivity contribution < 1.29 is 9.59 Å². The van der Waals surface area contributed by atoms with Gasteiger partial charge in [0.25, 0.3) is 0 Å². The molecule has 5 rings (SSSR count). The molecule has 8 heteroatoms. The lowest BCUT2D eigenvalue weighted by Gasteiger charge is -2.18. The molecule has 3 aromatic heterocycles. The molecule has 0 saturated carbocycles. The van der Waals surface area contributed by atoms with Gasteiger partial charge in [-0.3, -0.25) is 14.3 Å². The Hall–Kier alpha value is -3.94. The highest BCUT2D eigenvalue weighted by Gasteiger charge is 2.35. The monoisotopic (exact) mass is 442 g/mol. The van der Waals surface area contributed by atoms with E-state index in [1.54, 1.807) is 22.0 Å². The molecule has 8 nitrogen and oxygen atoms in total. The molecule has 2 amide bonds. The molecule has 1 fully saturated rings. The van der Waals surface area contributed by atoms with Crippen LogP contribution in [0.4, 0.5) is 11.4 Å². The van der Waals surface area contributed by atoms with Gasteiger partial charge in [-0.1, -0.05) is 32.0 Å². The maximum absolute atomic E-state index is 12.9. The van der Waals surface area contributed by atoms with E-state index in [1.165, 1.54) is 5.56 Å². The van der Waals surface area contributed by atoms with Gasteiger partial charge in [-0.2, -0.15) is 5.10 Å². The highest BCUT2D eigenvalue weighted by Crippen LogP contribution is 2.28. The van der Waals surface area contributed by atoms with Gasteiger partial charge in [0.2, 0.25) is 11.8 Å². The number of fused-ring (bicyclic) bond motifs is 1. The molecule has 168 valence electrons. The van der Waals surface area contributed by atoms with Crippen molar-refractivity contribution in [2.75, 3.05) is 16.8 Å². The van der Waals surface area contributed by atoms with E-state index in [2.05, 4.69) is 35.3 Å². The van der Waals surface area contributed by atoms with Crippen molar-refractivity contribution in [1.29, 1.82) is 0 Å². The normalized spacial score (nSPS) is 16.2. The van der Waals surface area contributed by atoms with Gasteiger partial charge < -0.3 is 14.6 Å². The van der Waals surface area contributed by atoms with Gasteiger partial charge in [-0.05, 0) is 35.7 Å². The zero-order valence-corrected chi connectivity index (χ0v) is 18.7. The lowest BCUT2D eigenvalue weighted by molar-refractivity contribution is -0.122. The molecule has 0 bridgehead atoms. The van der Waals surface area contributed by atoms with Crippen molar-refractivity contribution in [2.24, 2.45) is 5.92 Å². The van der Waals surface area contributed by atoms with E-state index >= 15 is 0 Å². The number of carbonyl (C=O) groups excluding carboxylic acids is 2. The Morgan fingerprint density at radius 3 is 2.88 bits per heavy atom. The number of pyridine rings is 1. The van der Waals surface area contributed by atoms with Crippen LogP contribution in [-0.4, -0.2) is 37.5 Å². The Labute approximate surface area is 191 Å². The van der Waals surface area contributed by atoms with Crippen LogP contribution in [0.1, 0.15) is 37.4 Å². The number of nitrogens with zero attached hydrogens (tertiary/aromatic N) is 5. The summed E-state index contributed by atoms with van der Waals surface area (Å²) in [5.74, 6) is -0.224. The number of benzene rings is 1. The number of rotatable bonds is 6. The fourth-order valence-corrected chi connectivity index (χ4v) is 4.17. The van der Waals surface area contributed by atoms with Crippen molar-refractivity contribution >= 4 is 28.8 Å². The fourth-order valence-electron chi connectivity index (χ4n) is 4.17. The highest BCUT2D eigenvalue weighted by atomic mass is 16.2. The Bertz CT molecular complexity index is 1290. The molecular formula is C25H26N6O2. The molecule has 0 radical (unpaired) electrons. The molecule has 4 heterocycles. The van der Waals surface area contributed by atoms with E-state index in [1.807, 2.05) is 53.2 Å². The van der Waals surface area contributed by atoms with Crippen LogP contribution in [0.5, 0.6) is 0 Å². The first-order chi connectivity index (χ1) is 16.0. The molecular weight excluding hydrogens is 416 g/mol. The largest absolute Gasteiger partial charge is 0.323 e. The highest BCUT2D eigenvalue weighted by molar-refractivity contribution is 6.03. The minimum atomic E-state index is -0.401. The van der Waals surface area contributed by atoms with Crippen molar-refractivity contribution in [1.82, 2.24) is 19.2 Å². The number of hydrogen-bond acceptors (Lipinski definition) is 4. The molecule has 1 aliphatic rings.